The van der Waals surface area contributed by atoms with Crippen molar-refractivity contribution in [2.45, 2.75) is 32.3 Å². The number of ether oxygens (including phenoxy) is 1. The van der Waals surface area contributed by atoms with Crippen molar-refractivity contribution < 1.29 is 19.4 Å². The lowest BCUT2D eigenvalue weighted by molar-refractivity contribution is -0.137. The second-order valence-corrected chi connectivity index (χ2v) is 5.65. The van der Waals surface area contributed by atoms with E-state index < -0.39 is 5.97 Å². The minimum atomic E-state index is -0.906. The molecule has 0 saturated carbocycles. The lowest BCUT2D eigenvalue weighted by Crippen LogP contribution is -2.38. The van der Waals surface area contributed by atoms with Crippen molar-refractivity contribution >= 4 is 23.2 Å². The van der Waals surface area contributed by atoms with Crippen molar-refractivity contribution in [3.05, 3.63) is 16.1 Å². The van der Waals surface area contributed by atoms with Crippen LogP contribution in [0, 0.1) is 6.92 Å². The number of carbonyl (C=O) groups is 2. The quantitative estimate of drug-likeness (QED) is 0.862. The van der Waals surface area contributed by atoms with E-state index >= 15 is 0 Å². The molecule has 1 aliphatic heterocycles. The van der Waals surface area contributed by atoms with Crippen LogP contribution in [0.3, 0.4) is 0 Å². The first-order valence-electron chi connectivity index (χ1n) is 6.60. The molecule has 0 unspecified atom stereocenters. The fourth-order valence-electron chi connectivity index (χ4n) is 2.19. The van der Waals surface area contributed by atoms with Gasteiger partial charge in [0, 0.05) is 19.7 Å². The van der Waals surface area contributed by atoms with Crippen molar-refractivity contribution in [1.82, 2.24) is 9.88 Å². The molecule has 1 atom stereocenters. The largest absolute Gasteiger partial charge is 0.481 e. The molecular weight excluding hydrogens is 280 g/mol. The van der Waals surface area contributed by atoms with Crippen LogP contribution >= 0.6 is 11.3 Å². The Balaban J connectivity index is 2.05. The number of carbonyl (C=O) groups excluding carboxylic acids is 1. The van der Waals surface area contributed by atoms with E-state index in [0.29, 0.717) is 23.7 Å². The molecule has 1 aromatic rings. The molecule has 1 amide bonds. The molecule has 1 aromatic heterocycles. The Bertz CT molecular complexity index is 482. The summed E-state index contributed by atoms with van der Waals surface area (Å²) >= 11 is 1.29. The van der Waals surface area contributed by atoms with Gasteiger partial charge in [-0.15, -0.1) is 11.3 Å². The molecule has 7 heteroatoms. The zero-order valence-electron chi connectivity index (χ0n) is 11.4. The highest BCUT2D eigenvalue weighted by Crippen LogP contribution is 2.19. The first kappa shape index (κ1) is 14.9. The van der Waals surface area contributed by atoms with Gasteiger partial charge in [0.15, 0.2) is 0 Å². The number of hydrogen-bond acceptors (Lipinski definition) is 5. The van der Waals surface area contributed by atoms with E-state index in [1.54, 1.807) is 17.3 Å². The standard InChI is InChI=1S/C13H18N2O4S/c1-9-12(20-8-14-9)13(18)15(5-4-11(16)17)7-10-3-2-6-19-10/h8,10H,2-7H2,1H3,(H,16,17)/t10-/m1/s1. The number of amides is 1. The Morgan fingerprint density at radius 1 is 1.60 bits per heavy atom. The number of aromatic nitrogens is 1. The monoisotopic (exact) mass is 298 g/mol. The summed E-state index contributed by atoms with van der Waals surface area (Å²) in [6.45, 7) is 3.14. The van der Waals surface area contributed by atoms with Gasteiger partial charge in [-0.25, -0.2) is 4.98 Å². The maximum Gasteiger partial charge on any atom is 0.305 e. The fraction of sp³-hybridized carbons (Fsp3) is 0.615. The Hall–Kier alpha value is -1.47. The number of carboxylic acids is 1. The van der Waals surface area contributed by atoms with Gasteiger partial charge in [0.1, 0.15) is 4.88 Å². The average molecular weight is 298 g/mol. The number of carboxylic acid groups (broad SMARTS) is 1. The molecule has 20 heavy (non-hydrogen) atoms. The topological polar surface area (TPSA) is 79.7 Å². The second-order valence-electron chi connectivity index (χ2n) is 4.80. The zero-order valence-corrected chi connectivity index (χ0v) is 12.2. The van der Waals surface area contributed by atoms with Gasteiger partial charge >= 0.3 is 5.97 Å². The predicted octanol–water partition coefficient (Wildman–Crippen LogP) is 1.55. The molecule has 2 heterocycles. The van der Waals surface area contributed by atoms with Crippen LogP contribution < -0.4 is 0 Å². The Morgan fingerprint density at radius 3 is 2.95 bits per heavy atom. The lowest BCUT2D eigenvalue weighted by Gasteiger charge is -2.24. The Labute approximate surface area is 121 Å². The maximum atomic E-state index is 12.5. The van der Waals surface area contributed by atoms with Crippen LogP contribution in [-0.4, -0.2) is 52.7 Å². The molecule has 0 spiro atoms. The van der Waals surface area contributed by atoms with E-state index in [-0.39, 0.29) is 25.0 Å². The van der Waals surface area contributed by atoms with Gasteiger partial charge in [0.05, 0.1) is 23.7 Å². The van der Waals surface area contributed by atoms with Gasteiger partial charge < -0.3 is 14.7 Å². The number of hydrogen-bond donors (Lipinski definition) is 1. The van der Waals surface area contributed by atoms with Gasteiger partial charge in [-0.1, -0.05) is 0 Å². The molecule has 1 aliphatic rings. The Morgan fingerprint density at radius 2 is 2.40 bits per heavy atom. The summed E-state index contributed by atoms with van der Waals surface area (Å²) in [5.41, 5.74) is 2.32. The molecule has 0 aliphatic carbocycles. The third kappa shape index (κ3) is 3.77. The van der Waals surface area contributed by atoms with E-state index in [2.05, 4.69) is 4.98 Å². The SMILES string of the molecule is Cc1ncsc1C(=O)N(CCC(=O)O)C[C@H]1CCCO1. The van der Waals surface area contributed by atoms with Crippen LogP contribution in [0.15, 0.2) is 5.51 Å². The van der Waals surface area contributed by atoms with Crippen LogP contribution in [0.1, 0.15) is 34.6 Å². The molecule has 0 radical (unpaired) electrons. The van der Waals surface area contributed by atoms with Crippen LogP contribution in [0.25, 0.3) is 0 Å². The molecule has 0 bridgehead atoms. The van der Waals surface area contributed by atoms with Crippen molar-refractivity contribution in [3.8, 4) is 0 Å². The summed E-state index contributed by atoms with van der Waals surface area (Å²) in [6, 6.07) is 0. The molecule has 0 aromatic carbocycles. The zero-order chi connectivity index (χ0) is 14.5. The van der Waals surface area contributed by atoms with E-state index in [9.17, 15) is 9.59 Å². The van der Waals surface area contributed by atoms with Gasteiger partial charge in [-0.3, -0.25) is 9.59 Å². The fourth-order valence-corrected chi connectivity index (χ4v) is 2.96. The summed E-state index contributed by atoms with van der Waals surface area (Å²) in [5.74, 6) is -1.06. The van der Waals surface area contributed by atoms with Crippen molar-refractivity contribution in [1.29, 1.82) is 0 Å². The lowest BCUT2D eigenvalue weighted by atomic mass is 10.2. The van der Waals surface area contributed by atoms with E-state index in [1.165, 1.54) is 11.3 Å². The highest BCUT2D eigenvalue weighted by molar-refractivity contribution is 7.11. The number of aryl methyl sites for hydroxylation is 1. The average Bonchev–Trinajstić information content (AvgIpc) is 3.04. The molecule has 110 valence electrons. The molecule has 1 N–H and O–H groups in total. The van der Waals surface area contributed by atoms with Crippen LogP contribution in [-0.2, 0) is 9.53 Å². The summed E-state index contributed by atoms with van der Waals surface area (Å²) < 4.78 is 5.53. The van der Waals surface area contributed by atoms with Crippen LogP contribution in [0.4, 0.5) is 0 Å². The Kier molecular flexibility index (Phi) is 5.08. The molecule has 2 rings (SSSR count). The molecule has 1 fully saturated rings. The minimum Gasteiger partial charge on any atom is -0.481 e. The first-order chi connectivity index (χ1) is 9.58. The third-order valence-electron chi connectivity index (χ3n) is 3.27. The van der Waals surface area contributed by atoms with Gasteiger partial charge in [0.25, 0.3) is 5.91 Å². The van der Waals surface area contributed by atoms with Crippen LogP contribution in [0.2, 0.25) is 0 Å². The second kappa shape index (κ2) is 6.81. The van der Waals surface area contributed by atoms with Gasteiger partial charge in [0.2, 0.25) is 0 Å². The predicted molar refractivity (Wildman–Crippen MR) is 74.0 cm³/mol. The van der Waals surface area contributed by atoms with E-state index in [1.807, 2.05) is 0 Å². The van der Waals surface area contributed by atoms with Crippen LogP contribution in [0.5, 0.6) is 0 Å². The summed E-state index contributed by atoms with van der Waals surface area (Å²) in [4.78, 5) is 29.4. The number of aliphatic carboxylic acids is 1. The number of rotatable bonds is 6. The summed E-state index contributed by atoms with van der Waals surface area (Å²) in [5, 5.41) is 8.81. The minimum absolute atomic E-state index is 0.0148. The van der Waals surface area contributed by atoms with E-state index in [4.69, 9.17) is 9.84 Å². The molecule has 1 saturated heterocycles. The van der Waals surface area contributed by atoms with Gasteiger partial charge in [-0.2, -0.15) is 0 Å². The number of thiazole rings is 1. The van der Waals surface area contributed by atoms with E-state index in [0.717, 1.165) is 12.8 Å². The molecule has 6 nitrogen and oxygen atoms in total. The summed E-state index contributed by atoms with van der Waals surface area (Å²) in [6.07, 6.45) is 1.86. The third-order valence-corrected chi connectivity index (χ3v) is 4.19. The maximum absolute atomic E-state index is 12.5. The summed E-state index contributed by atoms with van der Waals surface area (Å²) in [7, 11) is 0. The van der Waals surface area contributed by atoms with Gasteiger partial charge in [-0.05, 0) is 19.8 Å². The van der Waals surface area contributed by atoms with Crippen molar-refractivity contribution in [2.75, 3.05) is 19.7 Å². The van der Waals surface area contributed by atoms with Crippen molar-refractivity contribution in [2.24, 2.45) is 0 Å². The normalized spacial score (nSPS) is 18.1. The van der Waals surface area contributed by atoms with Crippen molar-refractivity contribution in [3.63, 3.8) is 0 Å². The number of nitrogens with zero attached hydrogens (tertiary/aromatic N) is 2. The highest BCUT2D eigenvalue weighted by Gasteiger charge is 2.25. The smallest absolute Gasteiger partial charge is 0.305 e. The first-order valence-corrected chi connectivity index (χ1v) is 7.48. The molecular formula is C13H18N2O4S. The highest BCUT2D eigenvalue weighted by atomic mass is 32.1.